The van der Waals surface area contributed by atoms with Crippen LogP contribution in [0.2, 0.25) is 0 Å². The van der Waals surface area contributed by atoms with Crippen molar-refractivity contribution in [1.82, 2.24) is 5.32 Å². The maximum absolute atomic E-state index is 12.4. The lowest BCUT2D eigenvalue weighted by molar-refractivity contribution is -0.121. The lowest BCUT2D eigenvalue weighted by Crippen LogP contribution is -2.48. The number of hydrogen-bond acceptors (Lipinski definition) is 4. The van der Waals surface area contributed by atoms with Crippen LogP contribution in [-0.2, 0) is 20.9 Å². The van der Waals surface area contributed by atoms with Crippen LogP contribution < -0.4 is 5.32 Å². The van der Waals surface area contributed by atoms with Gasteiger partial charge in [0.05, 0.1) is 11.8 Å². The van der Waals surface area contributed by atoms with E-state index in [4.69, 9.17) is 9.47 Å². The molecular weight excluding hydrogens is 302 g/mol. The van der Waals surface area contributed by atoms with Crippen molar-refractivity contribution in [1.29, 1.82) is 0 Å². The van der Waals surface area contributed by atoms with Crippen molar-refractivity contribution in [3.8, 4) is 0 Å². The van der Waals surface area contributed by atoms with Gasteiger partial charge < -0.3 is 14.8 Å². The standard InChI is InChI=1S/C17H23NO3.ClH/c1-12(20-4)15-16(14(19)10-17(2,3)18-15)21-11-13-8-6-5-7-9-13;/h5-9,12,18H,10-11H2,1-4H3;1H. The van der Waals surface area contributed by atoms with Gasteiger partial charge in [-0.25, -0.2) is 0 Å². The van der Waals surface area contributed by atoms with Gasteiger partial charge in [-0.15, -0.1) is 12.4 Å². The summed E-state index contributed by atoms with van der Waals surface area (Å²) in [6, 6.07) is 9.82. The third-order valence-corrected chi connectivity index (χ3v) is 3.56. The second-order valence-corrected chi connectivity index (χ2v) is 6.00. The third kappa shape index (κ3) is 4.49. The Balaban J connectivity index is 0.00000242. The molecule has 2 rings (SSSR count). The van der Waals surface area contributed by atoms with Crippen molar-refractivity contribution >= 4 is 18.2 Å². The second kappa shape index (κ2) is 7.65. The summed E-state index contributed by atoms with van der Waals surface area (Å²) < 4.78 is 11.2. The van der Waals surface area contributed by atoms with E-state index in [0.29, 0.717) is 18.8 Å². The van der Waals surface area contributed by atoms with E-state index in [2.05, 4.69) is 5.32 Å². The van der Waals surface area contributed by atoms with Crippen molar-refractivity contribution in [2.24, 2.45) is 0 Å². The van der Waals surface area contributed by atoms with Crippen molar-refractivity contribution < 1.29 is 14.3 Å². The fraction of sp³-hybridized carbons (Fsp3) is 0.471. The minimum absolute atomic E-state index is 0. The largest absolute Gasteiger partial charge is 0.483 e. The summed E-state index contributed by atoms with van der Waals surface area (Å²) in [4.78, 5) is 12.4. The van der Waals surface area contributed by atoms with E-state index in [1.807, 2.05) is 51.1 Å². The Kier molecular flexibility index (Phi) is 6.45. The van der Waals surface area contributed by atoms with E-state index >= 15 is 0 Å². The number of methoxy groups -OCH3 is 1. The third-order valence-electron chi connectivity index (χ3n) is 3.56. The first-order valence-corrected chi connectivity index (χ1v) is 7.18. The zero-order chi connectivity index (χ0) is 15.5. The Morgan fingerprint density at radius 3 is 2.50 bits per heavy atom. The number of ether oxygens (including phenoxy) is 2. The molecule has 1 aliphatic heterocycles. The summed E-state index contributed by atoms with van der Waals surface area (Å²) in [5.74, 6) is 0.418. The lowest BCUT2D eigenvalue weighted by atomic mass is 9.91. The normalized spacial score (nSPS) is 18.3. The van der Waals surface area contributed by atoms with Crippen LogP contribution in [-0.4, -0.2) is 24.5 Å². The minimum Gasteiger partial charge on any atom is -0.483 e. The first kappa shape index (κ1) is 18.5. The molecule has 0 fully saturated rings. The number of ketones is 1. The minimum atomic E-state index is -0.279. The molecule has 22 heavy (non-hydrogen) atoms. The summed E-state index contributed by atoms with van der Waals surface area (Å²) in [5, 5.41) is 3.37. The number of allylic oxidation sites excluding steroid dienone is 1. The number of rotatable bonds is 5. The second-order valence-electron chi connectivity index (χ2n) is 6.00. The predicted molar refractivity (Wildman–Crippen MR) is 88.8 cm³/mol. The van der Waals surface area contributed by atoms with Gasteiger partial charge in [0, 0.05) is 19.1 Å². The highest BCUT2D eigenvalue weighted by Gasteiger charge is 2.35. The Hall–Kier alpha value is -1.52. The molecule has 122 valence electrons. The number of Topliss-reactive ketones (excluding diaryl/α,β-unsaturated/α-hetero) is 1. The van der Waals surface area contributed by atoms with Crippen LogP contribution in [0.25, 0.3) is 0 Å². The molecule has 0 amide bonds. The molecule has 1 aromatic rings. The van der Waals surface area contributed by atoms with Gasteiger partial charge in [0.25, 0.3) is 0 Å². The molecular formula is C17H24ClNO3. The molecule has 0 saturated heterocycles. The van der Waals surface area contributed by atoms with Crippen LogP contribution in [0.3, 0.4) is 0 Å². The molecule has 1 N–H and O–H groups in total. The number of halogens is 1. The highest BCUT2D eigenvalue weighted by Crippen LogP contribution is 2.26. The van der Waals surface area contributed by atoms with Gasteiger partial charge in [0.2, 0.25) is 5.78 Å². The van der Waals surface area contributed by atoms with E-state index in [1.54, 1.807) is 7.11 Å². The average Bonchev–Trinajstić information content (AvgIpc) is 2.45. The Morgan fingerprint density at radius 2 is 1.91 bits per heavy atom. The van der Waals surface area contributed by atoms with Crippen molar-refractivity contribution in [2.75, 3.05) is 7.11 Å². The zero-order valence-corrected chi connectivity index (χ0v) is 14.3. The number of carbonyl (C=O) groups is 1. The fourth-order valence-electron chi connectivity index (χ4n) is 2.39. The molecule has 5 heteroatoms. The van der Waals surface area contributed by atoms with E-state index < -0.39 is 0 Å². The number of hydrogen-bond donors (Lipinski definition) is 1. The van der Waals surface area contributed by atoms with Crippen LogP contribution in [0.1, 0.15) is 32.8 Å². The van der Waals surface area contributed by atoms with Gasteiger partial charge in [-0.1, -0.05) is 30.3 Å². The molecule has 0 saturated carbocycles. The smallest absolute Gasteiger partial charge is 0.201 e. The summed E-state index contributed by atoms with van der Waals surface area (Å²) in [7, 11) is 1.63. The monoisotopic (exact) mass is 325 g/mol. The van der Waals surface area contributed by atoms with Gasteiger partial charge in [-0.3, -0.25) is 4.79 Å². The molecule has 1 unspecified atom stereocenters. The first-order chi connectivity index (χ1) is 9.93. The number of benzene rings is 1. The number of nitrogens with one attached hydrogen (secondary N) is 1. The summed E-state index contributed by atoms with van der Waals surface area (Å²) in [5.41, 5.74) is 1.49. The van der Waals surface area contributed by atoms with E-state index in [0.717, 1.165) is 11.3 Å². The first-order valence-electron chi connectivity index (χ1n) is 7.18. The van der Waals surface area contributed by atoms with Crippen LogP contribution in [0.4, 0.5) is 0 Å². The maximum atomic E-state index is 12.4. The van der Waals surface area contributed by atoms with E-state index in [1.165, 1.54) is 0 Å². The fourth-order valence-corrected chi connectivity index (χ4v) is 2.39. The molecule has 1 aromatic carbocycles. The molecule has 0 aromatic heterocycles. The van der Waals surface area contributed by atoms with Gasteiger partial charge in [0.1, 0.15) is 6.61 Å². The van der Waals surface area contributed by atoms with Crippen molar-refractivity contribution in [3.05, 3.63) is 47.4 Å². The lowest BCUT2D eigenvalue weighted by Gasteiger charge is -2.36. The van der Waals surface area contributed by atoms with Crippen molar-refractivity contribution in [2.45, 2.75) is 45.4 Å². The Morgan fingerprint density at radius 1 is 1.27 bits per heavy atom. The molecule has 1 aliphatic rings. The van der Waals surface area contributed by atoms with Gasteiger partial charge in [-0.2, -0.15) is 0 Å². The van der Waals surface area contributed by atoms with Crippen LogP contribution in [0.5, 0.6) is 0 Å². The Bertz CT molecular complexity index is 540. The van der Waals surface area contributed by atoms with Gasteiger partial charge in [0.15, 0.2) is 5.76 Å². The van der Waals surface area contributed by atoms with E-state index in [9.17, 15) is 4.79 Å². The highest BCUT2D eigenvalue weighted by atomic mass is 35.5. The van der Waals surface area contributed by atoms with Gasteiger partial charge >= 0.3 is 0 Å². The molecule has 1 heterocycles. The van der Waals surface area contributed by atoms with Crippen LogP contribution in [0.15, 0.2) is 41.8 Å². The number of carbonyl (C=O) groups excluding carboxylic acids is 1. The van der Waals surface area contributed by atoms with E-state index in [-0.39, 0.29) is 29.8 Å². The topological polar surface area (TPSA) is 47.6 Å². The molecule has 0 radical (unpaired) electrons. The van der Waals surface area contributed by atoms with Crippen LogP contribution >= 0.6 is 12.4 Å². The van der Waals surface area contributed by atoms with Gasteiger partial charge in [-0.05, 0) is 26.3 Å². The summed E-state index contributed by atoms with van der Waals surface area (Å²) in [6.07, 6.45) is 0.205. The molecule has 0 aliphatic carbocycles. The van der Waals surface area contributed by atoms with Crippen molar-refractivity contribution in [3.63, 3.8) is 0 Å². The summed E-state index contributed by atoms with van der Waals surface area (Å²) in [6.45, 7) is 6.29. The average molecular weight is 326 g/mol. The predicted octanol–water partition coefficient (Wildman–Crippen LogP) is 3.21. The zero-order valence-electron chi connectivity index (χ0n) is 13.5. The molecule has 0 spiro atoms. The molecule has 0 bridgehead atoms. The van der Waals surface area contributed by atoms with Crippen LogP contribution in [0, 0.1) is 0 Å². The highest BCUT2D eigenvalue weighted by molar-refractivity contribution is 5.96. The summed E-state index contributed by atoms with van der Waals surface area (Å²) >= 11 is 0. The SMILES string of the molecule is COC(C)C1=C(OCc2ccccc2)C(=O)CC(C)(C)N1.Cl. The molecule has 4 nitrogen and oxygen atoms in total. The Labute approximate surface area is 138 Å². The maximum Gasteiger partial charge on any atom is 0.201 e. The molecule has 1 atom stereocenters. The quantitative estimate of drug-likeness (QED) is 0.903.